The molecule has 2 N–H and O–H groups in total. The molecule has 1 heterocycles. The van der Waals surface area contributed by atoms with E-state index in [1.54, 1.807) is 0 Å². The summed E-state index contributed by atoms with van der Waals surface area (Å²) in [6, 6.07) is 3.71. The second-order valence-corrected chi connectivity index (χ2v) is 5.12. The Balaban J connectivity index is 2.79. The van der Waals surface area contributed by atoms with Gasteiger partial charge in [-0.1, -0.05) is 34.8 Å². The molecule has 0 saturated carbocycles. The molecule has 0 radical (unpaired) electrons. The van der Waals surface area contributed by atoms with E-state index in [4.69, 9.17) is 40.5 Å². The number of rotatable bonds is 1. The monoisotopic (exact) mass is 340 g/mol. The van der Waals surface area contributed by atoms with Crippen LogP contribution >= 0.6 is 34.8 Å². The predicted octanol–water partition coefficient (Wildman–Crippen LogP) is 5.31. The lowest BCUT2D eigenvalue weighted by Gasteiger charge is -2.15. The molecule has 2 aromatic rings. The number of hydrogen-bond acceptors (Lipinski definition) is 2. The highest BCUT2D eigenvalue weighted by molar-refractivity contribution is 6.45. The molecule has 2 nitrogen and oxygen atoms in total. The molecule has 1 aromatic heterocycles. The van der Waals surface area contributed by atoms with Crippen LogP contribution in [0.1, 0.15) is 5.56 Å². The van der Waals surface area contributed by atoms with E-state index in [-0.39, 0.29) is 32.0 Å². The fraction of sp³-hybridized carbons (Fsp3) is 0.0833. The van der Waals surface area contributed by atoms with Gasteiger partial charge in [-0.3, -0.25) is 0 Å². The third kappa shape index (κ3) is 2.95. The first-order valence-electron chi connectivity index (χ1n) is 5.18. The van der Waals surface area contributed by atoms with Crippen LogP contribution in [0.4, 0.5) is 19.0 Å². The molecule has 8 heteroatoms. The zero-order chi connectivity index (χ0) is 15.1. The minimum atomic E-state index is -4.60. The Morgan fingerprint density at radius 1 is 1.00 bits per heavy atom. The molecule has 0 aliphatic carbocycles. The van der Waals surface area contributed by atoms with E-state index < -0.39 is 11.7 Å². The van der Waals surface area contributed by atoms with Crippen molar-refractivity contribution < 1.29 is 13.2 Å². The van der Waals surface area contributed by atoms with Gasteiger partial charge in [-0.15, -0.1) is 0 Å². The van der Waals surface area contributed by atoms with Gasteiger partial charge in [0.2, 0.25) is 0 Å². The summed E-state index contributed by atoms with van der Waals surface area (Å²) in [7, 11) is 0. The van der Waals surface area contributed by atoms with Crippen molar-refractivity contribution in [3.63, 3.8) is 0 Å². The van der Waals surface area contributed by atoms with Gasteiger partial charge in [-0.05, 0) is 18.2 Å². The average Bonchev–Trinajstić information content (AvgIpc) is 2.32. The topological polar surface area (TPSA) is 38.9 Å². The molecule has 0 fully saturated rings. The Hall–Kier alpha value is -1.17. The van der Waals surface area contributed by atoms with Crippen LogP contribution in [0.2, 0.25) is 15.1 Å². The summed E-state index contributed by atoms with van der Waals surface area (Å²) in [6.07, 6.45) is -3.95. The Morgan fingerprint density at radius 3 is 2.25 bits per heavy atom. The Morgan fingerprint density at radius 2 is 1.65 bits per heavy atom. The van der Waals surface area contributed by atoms with Crippen molar-refractivity contribution in [3.8, 4) is 11.1 Å². The van der Waals surface area contributed by atoms with Gasteiger partial charge in [-0.2, -0.15) is 13.2 Å². The summed E-state index contributed by atoms with van der Waals surface area (Å²) in [5.74, 6) is -0.0693. The van der Waals surface area contributed by atoms with Crippen LogP contribution in [0, 0.1) is 0 Å². The standard InChI is InChI=1S/C12H6Cl3F3N2/c13-5-1-7(11(15)9(14)2-5)6-3-10(19)20-4-8(6)12(16,17)18/h1-4H,(H2,19,20). The van der Waals surface area contributed by atoms with Gasteiger partial charge in [-0.25, -0.2) is 4.98 Å². The van der Waals surface area contributed by atoms with Crippen molar-refractivity contribution in [1.82, 2.24) is 4.98 Å². The van der Waals surface area contributed by atoms with E-state index >= 15 is 0 Å². The lowest BCUT2D eigenvalue weighted by molar-refractivity contribution is -0.137. The molecule has 0 aliphatic rings. The third-order valence-corrected chi connectivity index (χ3v) is 3.53. The molecular formula is C12H6Cl3F3N2. The first kappa shape index (κ1) is 15.2. The van der Waals surface area contributed by atoms with E-state index in [0.29, 0.717) is 6.20 Å². The molecule has 0 aliphatic heterocycles. The van der Waals surface area contributed by atoms with Gasteiger partial charge in [0, 0.05) is 22.3 Å². The number of aromatic nitrogens is 1. The SMILES string of the molecule is Nc1cc(-c2cc(Cl)cc(Cl)c2Cl)c(C(F)(F)F)cn1. The van der Waals surface area contributed by atoms with Gasteiger partial charge >= 0.3 is 6.18 Å². The van der Waals surface area contributed by atoms with Gasteiger partial charge in [0.05, 0.1) is 15.6 Å². The lowest BCUT2D eigenvalue weighted by Crippen LogP contribution is -2.09. The zero-order valence-corrected chi connectivity index (χ0v) is 11.9. The summed E-state index contributed by atoms with van der Waals surface area (Å²) in [5.41, 5.74) is 4.31. The molecular weight excluding hydrogens is 335 g/mol. The Labute approximate surface area is 127 Å². The van der Waals surface area contributed by atoms with Crippen molar-refractivity contribution >= 4 is 40.6 Å². The number of alkyl halides is 3. The van der Waals surface area contributed by atoms with Crippen LogP contribution in [0.3, 0.4) is 0 Å². The lowest BCUT2D eigenvalue weighted by atomic mass is 10.0. The zero-order valence-electron chi connectivity index (χ0n) is 9.60. The van der Waals surface area contributed by atoms with Crippen molar-refractivity contribution in [2.24, 2.45) is 0 Å². The molecule has 1 aromatic carbocycles. The van der Waals surface area contributed by atoms with E-state index in [9.17, 15) is 13.2 Å². The number of nitrogens with two attached hydrogens (primary N) is 1. The van der Waals surface area contributed by atoms with E-state index in [1.165, 1.54) is 12.1 Å². The van der Waals surface area contributed by atoms with Gasteiger partial charge in [0.1, 0.15) is 5.82 Å². The molecule has 0 atom stereocenters. The summed E-state index contributed by atoms with van der Waals surface area (Å²) >= 11 is 17.6. The summed E-state index contributed by atoms with van der Waals surface area (Å²) in [4.78, 5) is 3.45. The van der Waals surface area contributed by atoms with Crippen LogP contribution in [-0.2, 0) is 6.18 Å². The molecule has 106 valence electrons. The maximum Gasteiger partial charge on any atom is 0.418 e. The van der Waals surface area contributed by atoms with Gasteiger partial charge in [0.15, 0.2) is 0 Å². The van der Waals surface area contributed by atoms with Crippen LogP contribution in [0.25, 0.3) is 11.1 Å². The summed E-state index contributed by atoms with van der Waals surface area (Å²) in [5, 5.41) is 0.183. The van der Waals surface area contributed by atoms with Crippen molar-refractivity contribution in [1.29, 1.82) is 0 Å². The van der Waals surface area contributed by atoms with E-state index in [0.717, 1.165) is 6.07 Å². The second-order valence-electron chi connectivity index (χ2n) is 3.90. The van der Waals surface area contributed by atoms with Crippen molar-refractivity contribution in [3.05, 3.63) is 45.0 Å². The number of nitrogen functional groups attached to an aromatic ring is 1. The first-order valence-corrected chi connectivity index (χ1v) is 6.31. The quantitative estimate of drug-likeness (QED) is 0.714. The van der Waals surface area contributed by atoms with Gasteiger partial charge < -0.3 is 5.73 Å². The summed E-state index contributed by atoms with van der Waals surface area (Å²) < 4.78 is 39.0. The number of anilines is 1. The highest BCUT2D eigenvalue weighted by Gasteiger charge is 2.35. The number of benzene rings is 1. The summed E-state index contributed by atoms with van der Waals surface area (Å²) in [6.45, 7) is 0. The average molecular weight is 342 g/mol. The normalized spacial score (nSPS) is 11.7. The van der Waals surface area contributed by atoms with Crippen LogP contribution < -0.4 is 5.73 Å². The van der Waals surface area contributed by atoms with Crippen LogP contribution in [0.5, 0.6) is 0 Å². The minimum absolute atomic E-state index is 0.0350. The predicted molar refractivity (Wildman–Crippen MR) is 74.1 cm³/mol. The largest absolute Gasteiger partial charge is 0.418 e. The van der Waals surface area contributed by atoms with Crippen molar-refractivity contribution in [2.75, 3.05) is 5.73 Å². The number of pyridine rings is 1. The molecule has 0 bridgehead atoms. The Kier molecular flexibility index (Phi) is 4.04. The van der Waals surface area contributed by atoms with E-state index in [1.807, 2.05) is 0 Å². The molecule has 0 unspecified atom stereocenters. The maximum absolute atomic E-state index is 13.0. The number of hydrogen-bond donors (Lipinski definition) is 1. The third-order valence-electron chi connectivity index (χ3n) is 2.51. The van der Waals surface area contributed by atoms with Gasteiger partial charge in [0.25, 0.3) is 0 Å². The fourth-order valence-corrected chi connectivity index (χ4v) is 2.38. The maximum atomic E-state index is 13.0. The minimum Gasteiger partial charge on any atom is -0.384 e. The number of nitrogens with zero attached hydrogens (tertiary/aromatic N) is 1. The Bertz CT molecular complexity index is 672. The first-order chi connectivity index (χ1) is 9.20. The van der Waals surface area contributed by atoms with Crippen molar-refractivity contribution in [2.45, 2.75) is 6.18 Å². The number of halogens is 6. The smallest absolute Gasteiger partial charge is 0.384 e. The van der Waals surface area contributed by atoms with Crippen LogP contribution in [-0.4, -0.2) is 4.98 Å². The molecule has 2 rings (SSSR count). The fourth-order valence-electron chi connectivity index (χ4n) is 1.67. The van der Waals surface area contributed by atoms with Crippen LogP contribution in [0.15, 0.2) is 24.4 Å². The molecule has 0 spiro atoms. The molecule has 0 saturated heterocycles. The second kappa shape index (κ2) is 5.31. The highest BCUT2D eigenvalue weighted by atomic mass is 35.5. The highest BCUT2D eigenvalue weighted by Crippen LogP contribution is 2.42. The van der Waals surface area contributed by atoms with E-state index in [2.05, 4.69) is 4.98 Å². The molecule has 20 heavy (non-hydrogen) atoms. The molecule has 0 amide bonds.